The topological polar surface area (TPSA) is 47.3 Å². The molecule has 0 unspecified atom stereocenters. The van der Waals surface area contributed by atoms with Gasteiger partial charge in [-0.15, -0.1) is 0 Å². The first-order valence-electron chi connectivity index (χ1n) is 5.17. The van der Waals surface area contributed by atoms with Crippen LogP contribution in [0, 0.1) is 0 Å². The first-order valence-corrected chi connectivity index (χ1v) is 5.17. The van der Waals surface area contributed by atoms with Crippen molar-refractivity contribution in [3.8, 4) is 5.88 Å². The van der Waals surface area contributed by atoms with Crippen molar-refractivity contribution in [2.75, 3.05) is 13.2 Å². The third-order valence-electron chi connectivity index (χ3n) is 2.25. The van der Waals surface area contributed by atoms with Gasteiger partial charge in [-0.2, -0.15) is 5.10 Å². The number of hydrogen-bond donors (Lipinski definition) is 1. The van der Waals surface area contributed by atoms with Crippen LogP contribution in [0.1, 0.15) is 0 Å². The normalized spacial score (nSPS) is 10.6. The van der Waals surface area contributed by atoms with Gasteiger partial charge >= 0.3 is 0 Å². The molecule has 1 N–H and O–H groups in total. The number of aliphatic hydroxyl groups is 1. The molecule has 2 rings (SSSR count). The van der Waals surface area contributed by atoms with Gasteiger partial charge in [0.25, 0.3) is 0 Å². The molecule has 0 atom stereocenters. The predicted molar refractivity (Wildman–Crippen MR) is 62.5 cm³/mol. The van der Waals surface area contributed by atoms with Crippen molar-refractivity contribution in [3.63, 3.8) is 0 Å². The van der Waals surface area contributed by atoms with Crippen LogP contribution in [0.15, 0.2) is 36.9 Å². The molecule has 0 fully saturated rings. The number of fused-ring (bicyclic) bond motifs is 1. The van der Waals surface area contributed by atoms with Crippen LogP contribution < -0.4 is 4.74 Å². The Kier molecular flexibility index (Phi) is 3.22. The van der Waals surface area contributed by atoms with Crippen LogP contribution in [0.3, 0.4) is 0 Å². The highest BCUT2D eigenvalue weighted by Gasteiger charge is 2.10. The van der Waals surface area contributed by atoms with Gasteiger partial charge in [-0.1, -0.05) is 24.8 Å². The highest BCUT2D eigenvalue weighted by Crippen LogP contribution is 2.25. The zero-order valence-electron chi connectivity index (χ0n) is 8.97. The highest BCUT2D eigenvalue weighted by atomic mass is 16.5. The van der Waals surface area contributed by atoms with E-state index in [1.807, 2.05) is 24.3 Å². The number of aliphatic hydroxyl groups excluding tert-OH is 1. The van der Waals surface area contributed by atoms with Crippen molar-refractivity contribution in [3.05, 3.63) is 36.9 Å². The van der Waals surface area contributed by atoms with Crippen LogP contribution in [0.5, 0.6) is 5.88 Å². The summed E-state index contributed by atoms with van der Waals surface area (Å²) >= 11 is 0. The standard InChI is InChI=1S/C12H14N2O2/c1-2-9-16-12-10-5-3-4-6-11(10)13-14(12)7-8-15/h2-6,15H,1,7-9H2. The predicted octanol–water partition coefficient (Wildman–Crippen LogP) is 1.59. The van der Waals surface area contributed by atoms with E-state index in [1.54, 1.807) is 10.8 Å². The lowest BCUT2D eigenvalue weighted by Crippen LogP contribution is -2.07. The van der Waals surface area contributed by atoms with Gasteiger partial charge in [0, 0.05) is 0 Å². The molecule has 84 valence electrons. The average Bonchev–Trinajstić information content (AvgIpc) is 2.65. The maximum atomic E-state index is 8.96. The lowest BCUT2D eigenvalue weighted by Gasteiger charge is -2.06. The van der Waals surface area contributed by atoms with Crippen LogP contribution >= 0.6 is 0 Å². The molecule has 0 amide bonds. The number of rotatable bonds is 5. The molecule has 0 aliphatic carbocycles. The lowest BCUT2D eigenvalue weighted by atomic mass is 10.2. The second-order valence-electron chi connectivity index (χ2n) is 3.37. The van der Waals surface area contributed by atoms with Crippen molar-refractivity contribution < 1.29 is 9.84 Å². The summed E-state index contributed by atoms with van der Waals surface area (Å²) < 4.78 is 7.24. The van der Waals surface area contributed by atoms with E-state index in [2.05, 4.69) is 11.7 Å². The van der Waals surface area contributed by atoms with E-state index >= 15 is 0 Å². The molecule has 4 heteroatoms. The fourth-order valence-corrected chi connectivity index (χ4v) is 1.59. The summed E-state index contributed by atoms with van der Waals surface area (Å²) in [6, 6.07) is 7.74. The summed E-state index contributed by atoms with van der Waals surface area (Å²) in [6.07, 6.45) is 1.69. The largest absolute Gasteiger partial charge is 0.473 e. The third-order valence-corrected chi connectivity index (χ3v) is 2.25. The molecule has 1 heterocycles. The second-order valence-corrected chi connectivity index (χ2v) is 3.37. The van der Waals surface area contributed by atoms with Crippen molar-refractivity contribution in [2.24, 2.45) is 0 Å². The Labute approximate surface area is 93.8 Å². The molecule has 0 spiro atoms. The maximum Gasteiger partial charge on any atom is 0.220 e. The molecule has 0 radical (unpaired) electrons. The van der Waals surface area contributed by atoms with Crippen molar-refractivity contribution >= 4 is 10.9 Å². The molecule has 0 bridgehead atoms. The van der Waals surface area contributed by atoms with Crippen LogP contribution in [-0.4, -0.2) is 28.1 Å². The molecule has 2 aromatic rings. The number of ether oxygens (including phenoxy) is 1. The van der Waals surface area contributed by atoms with E-state index in [0.717, 1.165) is 10.9 Å². The van der Waals surface area contributed by atoms with Crippen LogP contribution in [-0.2, 0) is 6.54 Å². The van der Waals surface area contributed by atoms with E-state index in [4.69, 9.17) is 9.84 Å². The Bertz CT molecular complexity index is 491. The Morgan fingerprint density at radius 2 is 2.25 bits per heavy atom. The van der Waals surface area contributed by atoms with E-state index in [-0.39, 0.29) is 6.61 Å². The van der Waals surface area contributed by atoms with Gasteiger partial charge in [-0.25, -0.2) is 4.68 Å². The van der Waals surface area contributed by atoms with E-state index < -0.39 is 0 Å². The molecule has 0 aliphatic heterocycles. The van der Waals surface area contributed by atoms with Crippen molar-refractivity contribution in [1.29, 1.82) is 0 Å². The van der Waals surface area contributed by atoms with Crippen LogP contribution in [0.25, 0.3) is 10.9 Å². The van der Waals surface area contributed by atoms with Gasteiger partial charge in [0.2, 0.25) is 5.88 Å². The van der Waals surface area contributed by atoms with Gasteiger partial charge in [0.1, 0.15) is 6.61 Å². The number of benzene rings is 1. The zero-order chi connectivity index (χ0) is 11.4. The minimum atomic E-state index is 0.0401. The van der Waals surface area contributed by atoms with Crippen LogP contribution in [0.4, 0.5) is 0 Å². The summed E-state index contributed by atoms with van der Waals surface area (Å²) in [4.78, 5) is 0. The fourth-order valence-electron chi connectivity index (χ4n) is 1.59. The average molecular weight is 218 g/mol. The molecule has 0 saturated carbocycles. The Hall–Kier alpha value is -1.81. The van der Waals surface area contributed by atoms with Gasteiger partial charge in [-0.3, -0.25) is 0 Å². The van der Waals surface area contributed by atoms with E-state index in [0.29, 0.717) is 19.0 Å². The minimum Gasteiger partial charge on any atom is -0.473 e. The van der Waals surface area contributed by atoms with E-state index in [1.165, 1.54) is 0 Å². The maximum absolute atomic E-state index is 8.96. The van der Waals surface area contributed by atoms with Crippen molar-refractivity contribution in [2.45, 2.75) is 6.54 Å². The first kappa shape index (κ1) is 10.7. The van der Waals surface area contributed by atoms with Gasteiger partial charge < -0.3 is 9.84 Å². The summed E-state index contributed by atoms with van der Waals surface area (Å²) in [5.74, 6) is 0.685. The van der Waals surface area contributed by atoms with Gasteiger partial charge in [0.05, 0.1) is 24.1 Å². The molecule has 0 saturated heterocycles. The summed E-state index contributed by atoms with van der Waals surface area (Å²) in [5.41, 5.74) is 0.870. The fraction of sp³-hybridized carbons (Fsp3) is 0.250. The summed E-state index contributed by atoms with van der Waals surface area (Å²) in [6.45, 7) is 4.52. The quantitative estimate of drug-likeness (QED) is 0.775. The molecular weight excluding hydrogens is 204 g/mol. The molecule has 1 aromatic heterocycles. The number of aromatic nitrogens is 2. The lowest BCUT2D eigenvalue weighted by molar-refractivity contribution is 0.251. The summed E-state index contributed by atoms with van der Waals surface area (Å²) in [7, 11) is 0. The molecule has 4 nitrogen and oxygen atoms in total. The minimum absolute atomic E-state index is 0.0401. The van der Waals surface area contributed by atoms with Crippen LogP contribution in [0.2, 0.25) is 0 Å². The highest BCUT2D eigenvalue weighted by molar-refractivity contribution is 5.84. The molecule has 16 heavy (non-hydrogen) atoms. The third kappa shape index (κ3) is 1.92. The monoisotopic (exact) mass is 218 g/mol. The summed E-state index contributed by atoms with van der Waals surface area (Å²) in [5, 5.41) is 14.3. The molecule has 0 aliphatic rings. The zero-order valence-corrected chi connectivity index (χ0v) is 8.97. The molecule has 1 aromatic carbocycles. The Balaban J connectivity index is 2.46. The van der Waals surface area contributed by atoms with Crippen molar-refractivity contribution in [1.82, 2.24) is 9.78 Å². The smallest absolute Gasteiger partial charge is 0.220 e. The Morgan fingerprint density at radius 1 is 1.44 bits per heavy atom. The van der Waals surface area contributed by atoms with E-state index in [9.17, 15) is 0 Å². The second kappa shape index (κ2) is 4.81. The van der Waals surface area contributed by atoms with Gasteiger partial charge in [-0.05, 0) is 12.1 Å². The number of hydrogen-bond acceptors (Lipinski definition) is 3. The SMILES string of the molecule is C=CCOc1c2ccccc2nn1CCO. The first-order chi connectivity index (χ1) is 7.86. The van der Waals surface area contributed by atoms with Gasteiger partial charge in [0.15, 0.2) is 0 Å². The number of nitrogens with zero attached hydrogens (tertiary/aromatic N) is 2. The Morgan fingerprint density at radius 3 is 3.00 bits per heavy atom. The molecular formula is C12H14N2O2.